The Bertz CT molecular complexity index is 911. The van der Waals surface area contributed by atoms with Crippen LogP contribution in [0.3, 0.4) is 0 Å². The monoisotopic (exact) mass is 763 g/mol. The largest absolute Gasteiger partial charge is 0.677 e. The zero-order valence-corrected chi connectivity index (χ0v) is 32.9. The highest BCUT2D eigenvalue weighted by atomic mass is 16.2. The van der Waals surface area contributed by atoms with Gasteiger partial charge in [-0.2, -0.15) is 19.6 Å². The van der Waals surface area contributed by atoms with Crippen molar-refractivity contribution in [2.75, 3.05) is 39.3 Å². The molecule has 1 saturated heterocycles. The maximum absolute atomic E-state index is 13.2. The summed E-state index contributed by atoms with van der Waals surface area (Å²) in [7, 11) is 0. The van der Waals surface area contributed by atoms with Gasteiger partial charge in [0.1, 0.15) is 0 Å². The number of carbonyl (C=O) groups is 6. The van der Waals surface area contributed by atoms with Crippen LogP contribution in [0.25, 0.3) is 17.2 Å². The van der Waals surface area contributed by atoms with E-state index in [0.29, 0.717) is 116 Å². The fourth-order valence-electron chi connectivity index (χ4n) is 6.46. The smallest absolute Gasteiger partial charge is 0.222 e. The van der Waals surface area contributed by atoms with Crippen LogP contribution >= 0.6 is 0 Å². The Morgan fingerprint density at radius 1 is 0.426 bits per heavy atom. The Kier molecular flexibility index (Phi) is 29.8. The zero-order valence-electron chi connectivity index (χ0n) is 32.9. The molecular weight excluding hydrogens is 690 g/mol. The quantitative estimate of drug-likeness (QED) is 0.0528. The first-order valence-corrected chi connectivity index (χ1v) is 20.8. The number of carbonyl (C=O) groups excluding carboxylic acids is 6. The van der Waals surface area contributed by atoms with Crippen molar-refractivity contribution in [3.8, 4) is 0 Å². The minimum Gasteiger partial charge on any atom is -0.677 e. The minimum absolute atomic E-state index is 0.00451. The minimum atomic E-state index is -0.401. The van der Waals surface area contributed by atoms with Crippen molar-refractivity contribution in [2.24, 2.45) is 0 Å². The lowest BCUT2D eigenvalue weighted by Crippen LogP contribution is -2.48. The Morgan fingerprint density at radius 3 is 0.963 bits per heavy atom. The second-order valence-electron chi connectivity index (χ2n) is 14.6. The summed E-state index contributed by atoms with van der Waals surface area (Å²) in [6.07, 6.45) is 14.8. The molecule has 0 aromatic heterocycles. The van der Waals surface area contributed by atoms with Gasteiger partial charge in [-0.25, -0.2) is 0 Å². The van der Waals surface area contributed by atoms with E-state index < -0.39 is 18.1 Å². The molecule has 0 radical (unpaired) electrons. The molecule has 1 aliphatic heterocycles. The van der Waals surface area contributed by atoms with Gasteiger partial charge in [-0.3, -0.25) is 28.8 Å². The van der Waals surface area contributed by atoms with Gasteiger partial charge in [0.25, 0.3) is 0 Å². The van der Waals surface area contributed by atoms with E-state index in [1.807, 2.05) is 0 Å². The average molecular weight is 763 g/mol. The van der Waals surface area contributed by atoms with Gasteiger partial charge in [0.15, 0.2) is 0 Å². The second kappa shape index (κ2) is 33.1. The first-order valence-electron chi connectivity index (χ1n) is 20.8. The molecule has 15 nitrogen and oxygen atoms in total. The molecule has 0 aromatic carbocycles. The van der Waals surface area contributed by atoms with E-state index in [-0.39, 0.29) is 54.7 Å². The summed E-state index contributed by atoms with van der Waals surface area (Å²) in [4.78, 5) is 76.0. The molecule has 0 bridgehead atoms. The van der Waals surface area contributed by atoms with E-state index in [2.05, 4.69) is 31.9 Å². The maximum atomic E-state index is 13.2. The molecule has 1 aliphatic rings. The molecule has 3 unspecified atom stereocenters. The van der Waals surface area contributed by atoms with Crippen LogP contribution in [0.15, 0.2) is 0 Å². The molecule has 0 aromatic rings. The molecule has 0 aliphatic carbocycles. The van der Waals surface area contributed by atoms with E-state index in [9.17, 15) is 28.8 Å². The summed E-state index contributed by atoms with van der Waals surface area (Å²) in [6.45, 7) is 2.66. The van der Waals surface area contributed by atoms with Crippen LogP contribution in [0.4, 0.5) is 0 Å². The van der Waals surface area contributed by atoms with Crippen molar-refractivity contribution in [3.05, 3.63) is 17.2 Å². The van der Waals surface area contributed by atoms with Crippen LogP contribution < -0.4 is 31.9 Å². The third-order valence-corrected chi connectivity index (χ3v) is 9.54. The number of hydrogen-bond donors (Lipinski definition) is 6. The van der Waals surface area contributed by atoms with Crippen LogP contribution in [0.2, 0.25) is 0 Å². The molecule has 3 atom stereocenters. The Labute approximate surface area is 324 Å². The van der Waals surface area contributed by atoms with E-state index in [0.717, 1.165) is 57.8 Å². The number of amides is 6. The lowest BCUT2D eigenvalue weighted by molar-refractivity contribution is -0.127. The summed E-state index contributed by atoms with van der Waals surface area (Å²) in [6, 6.07) is -1.20. The molecule has 9 N–H and O–H groups in total. The Morgan fingerprint density at radius 2 is 0.704 bits per heavy atom. The van der Waals surface area contributed by atoms with Crippen LogP contribution in [0.5, 0.6) is 0 Å². The van der Waals surface area contributed by atoms with Gasteiger partial charge in [0.05, 0.1) is 0 Å². The Hall–Kier alpha value is -3.30. The van der Waals surface area contributed by atoms with Crippen molar-refractivity contribution in [1.29, 1.82) is 0 Å². The van der Waals surface area contributed by atoms with Crippen LogP contribution in [0, 0.1) is 0 Å². The van der Waals surface area contributed by atoms with Crippen LogP contribution in [-0.2, 0) is 28.8 Å². The predicted octanol–water partition coefficient (Wildman–Crippen LogP) is 5.32. The number of unbranched alkanes of at least 4 members (excludes halogenated alkanes) is 9. The van der Waals surface area contributed by atoms with Gasteiger partial charge >= 0.3 is 0 Å². The molecule has 0 saturated carbocycles. The molecule has 15 heteroatoms. The SMILES string of the molecule is [NH-]CCCCCC(=O)NCCCCC1CC(=O)NC(CCCCNC(=O)CCCCC[NH-])CC(=O)NC(CCCCNC(=O)CCCCC[NH-])CC(=O)N1. The average Bonchev–Trinajstić information content (AvgIpc) is 3.12. The van der Waals surface area contributed by atoms with Gasteiger partial charge in [-0.15, -0.1) is 0 Å². The summed E-state index contributed by atoms with van der Waals surface area (Å²) in [5, 5.41) is 17.9. The molecule has 6 amide bonds. The van der Waals surface area contributed by atoms with Crippen molar-refractivity contribution in [3.63, 3.8) is 0 Å². The molecule has 1 fully saturated rings. The molecule has 1 heterocycles. The summed E-state index contributed by atoms with van der Waals surface area (Å²) >= 11 is 0. The van der Waals surface area contributed by atoms with E-state index >= 15 is 0 Å². The van der Waals surface area contributed by atoms with Crippen molar-refractivity contribution >= 4 is 35.4 Å². The van der Waals surface area contributed by atoms with Gasteiger partial charge in [0, 0.05) is 76.3 Å². The topological polar surface area (TPSA) is 246 Å². The molecule has 312 valence electrons. The molecule has 0 spiro atoms. The number of hydrogen-bond acceptors (Lipinski definition) is 6. The summed E-state index contributed by atoms with van der Waals surface area (Å²) in [5.41, 5.74) is 21.6. The van der Waals surface area contributed by atoms with Crippen LogP contribution in [0.1, 0.15) is 154 Å². The predicted molar refractivity (Wildman–Crippen MR) is 213 cm³/mol. The maximum Gasteiger partial charge on any atom is 0.222 e. The lowest BCUT2D eigenvalue weighted by atomic mass is 10.00. The van der Waals surface area contributed by atoms with Gasteiger partial charge in [0.2, 0.25) is 35.4 Å². The lowest BCUT2D eigenvalue weighted by Gasteiger charge is -2.26. The summed E-state index contributed by atoms with van der Waals surface area (Å²) < 4.78 is 0. The normalized spacial score (nSPS) is 18.1. The number of rotatable bonds is 30. The van der Waals surface area contributed by atoms with Crippen molar-refractivity contribution in [2.45, 2.75) is 172 Å². The molecular formula is C39H72N9O6-3. The molecule has 54 heavy (non-hydrogen) atoms. The second-order valence-corrected chi connectivity index (χ2v) is 14.6. The van der Waals surface area contributed by atoms with E-state index in [4.69, 9.17) is 17.2 Å². The first-order chi connectivity index (χ1) is 26.2. The van der Waals surface area contributed by atoms with Gasteiger partial charge in [-0.05, 0) is 77.0 Å². The summed E-state index contributed by atoms with van der Waals surface area (Å²) in [5.74, 6) is -0.734. The standard InChI is InChI=1S/C39H72N9O6/c40-22-10-1-4-19-34(49)43-25-13-7-16-31-28-37(52)47-33(18-9-15-27-45-36(51)21-6-3-12-24-42)30-39(54)48-32(29-38(53)46-31)17-8-14-26-44-35(50)20-5-2-11-23-41/h31-33,40-42H,1-30H2,(H,43,49)(H,44,50)(H,45,51)(H,46,53)(H,47,52)(H,48,54)/q-3. The fraction of sp³-hybridized carbons (Fsp3) is 0.846. The fourth-order valence-corrected chi connectivity index (χ4v) is 6.46. The number of nitrogens with one attached hydrogen (secondary N) is 9. The first kappa shape index (κ1) is 48.7. The van der Waals surface area contributed by atoms with E-state index in [1.165, 1.54) is 0 Å². The Balaban J connectivity index is 2.75. The molecule has 1 rings (SSSR count). The van der Waals surface area contributed by atoms with Crippen LogP contribution in [-0.4, -0.2) is 92.8 Å². The highest BCUT2D eigenvalue weighted by molar-refractivity contribution is 5.83. The van der Waals surface area contributed by atoms with E-state index in [1.54, 1.807) is 0 Å². The third-order valence-electron chi connectivity index (χ3n) is 9.54. The highest BCUT2D eigenvalue weighted by Crippen LogP contribution is 2.13. The van der Waals surface area contributed by atoms with Gasteiger partial charge < -0.3 is 49.1 Å². The highest BCUT2D eigenvalue weighted by Gasteiger charge is 2.25. The van der Waals surface area contributed by atoms with Crippen molar-refractivity contribution < 1.29 is 28.8 Å². The zero-order chi connectivity index (χ0) is 39.7. The van der Waals surface area contributed by atoms with Gasteiger partial charge in [-0.1, -0.05) is 38.5 Å². The third kappa shape index (κ3) is 28.2. The van der Waals surface area contributed by atoms with Crippen molar-refractivity contribution in [1.82, 2.24) is 31.9 Å².